The average molecular weight is 262 g/mol. The van der Waals surface area contributed by atoms with Crippen LogP contribution in [0.3, 0.4) is 0 Å². The van der Waals surface area contributed by atoms with Gasteiger partial charge in [-0.2, -0.15) is 0 Å². The molecule has 2 unspecified atom stereocenters. The van der Waals surface area contributed by atoms with Gasteiger partial charge in [0.1, 0.15) is 0 Å². The van der Waals surface area contributed by atoms with Crippen molar-refractivity contribution in [1.82, 2.24) is 0 Å². The first-order valence-corrected chi connectivity index (χ1v) is 7.35. The Kier molecular flexibility index (Phi) is 5.00. The van der Waals surface area contributed by atoms with Crippen molar-refractivity contribution in [2.24, 2.45) is 5.92 Å². The lowest BCUT2D eigenvalue weighted by molar-refractivity contribution is 0.321. The molecule has 1 aromatic carbocycles. The first kappa shape index (κ1) is 14.1. The maximum Gasteiger partial charge on any atom is 0.165 e. The van der Waals surface area contributed by atoms with Crippen molar-refractivity contribution >= 4 is 0 Å². The van der Waals surface area contributed by atoms with Crippen LogP contribution in [0.15, 0.2) is 30.4 Å². The lowest BCUT2D eigenvalue weighted by Crippen LogP contribution is -2.08. The van der Waals surface area contributed by atoms with Gasteiger partial charge in [-0.25, -0.2) is 4.39 Å². The maximum absolute atomic E-state index is 13.8. The number of halogens is 1. The van der Waals surface area contributed by atoms with Crippen molar-refractivity contribution in [2.45, 2.75) is 45.4 Å². The van der Waals surface area contributed by atoms with E-state index in [9.17, 15) is 4.39 Å². The van der Waals surface area contributed by atoms with Crippen LogP contribution in [0.1, 0.15) is 51.0 Å². The van der Waals surface area contributed by atoms with E-state index in [-0.39, 0.29) is 5.82 Å². The third kappa shape index (κ3) is 3.59. The van der Waals surface area contributed by atoms with E-state index in [1.54, 1.807) is 12.1 Å². The predicted octanol–water partition coefficient (Wildman–Crippen LogP) is 5.07. The zero-order chi connectivity index (χ0) is 13.7. The maximum atomic E-state index is 13.8. The topological polar surface area (TPSA) is 9.23 Å². The number of benzene rings is 1. The molecule has 0 amide bonds. The predicted molar refractivity (Wildman–Crippen MR) is 77.1 cm³/mol. The van der Waals surface area contributed by atoms with Crippen LogP contribution in [0.2, 0.25) is 0 Å². The van der Waals surface area contributed by atoms with Gasteiger partial charge in [-0.3, -0.25) is 0 Å². The van der Waals surface area contributed by atoms with Crippen LogP contribution in [-0.2, 0) is 0 Å². The molecule has 2 atom stereocenters. The molecule has 2 heteroatoms. The van der Waals surface area contributed by atoms with E-state index < -0.39 is 0 Å². The van der Waals surface area contributed by atoms with Gasteiger partial charge in [0.2, 0.25) is 0 Å². The summed E-state index contributed by atoms with van der Waals surface area (Å²) in [6, 6.07) is 5.36. The smallest absolute Gasteiger partial charge is 0.165 e. The number of hydrogen-bond acceptors (Lipinski definition) is 1. The summed E-state index contributed by atoms with van der Waals surface area (Å²) in [5, 5.41) is 0. The summed E-state index contributed by atoms with van der Waals surface area (Å²) in [4.78, 5) is 0. The minimum absolute atomic E-state index is 0.247. The summed E-state index contributed by atoms with van der Waals surface area (Å²) < 4.78 is 19.1. The van der Waals surface area contributed by atoms with Crippen LogP contribution < -0.4 is 4.74 Å². The quantitative estimate of drug-likeness (QED) is 0.673. The number of allylic oxidation sites excluding steroid dienone is 2. The fourth-order valence-electron chi connectivity index (χ4n) is 2.79. The SMILES string of the molecule is CCCC1C=CC(c2ccc(OCC)c(F)c2)CC1. The molecule has 0 radical (unpaired) electrons. The van der Waals surface area contributed by atoms with Crippen LogP contribution >= 0.6 is 0 Å². The second kappa shape index (κ2) is 6.74. The Morgan fingerprint density at radius 2 is 2.05 bits per heavy atom. The van der Waals surface area contributed by atoms with Crippen LogP contribution in [-0.4, -0.2) is 6.61 Å². The number of hydrogen-bond donors (Lipinski definition) is 0. The lowest BCUT2D eigenvalue weighted by atomic mass is 9.83. The fraction of sp³-hybridized carbons (Fsp3) is 0.529. The molecule has 19 heavy (non-hydrogen) atoms. The van der Waals surface area contributed by atoms with E-state index in [4.69, 9.17) is 4.74 Å². The zero-order valence-electron chi connectivity index (χ0n) is 11.9. The highest BCUT2D eigenvalue weighted by Crippen LogP contribution is 2.33. The van der Waals surface area contributed by atoms with Gasteiger partial charge < -0.3 is 4.74 Å². The van der Waals surface area contributed by atoms with E-state index in [0.29, 0.717) is 24.2 Å². The largest absolute Gasteiger partial charge is 0.491 e. The second-order valence-electron chi connectivity index (χ2n) is 5.24. The van der Waals surface area contributed by atoms with Gasteiger partial charge in [0.15, 0.2) is 11.6 Å². The Morgan fingerprint density at radius 3 is 2.63 bits per heavy atom. The van der Waals surface area contributed by atoms with E-state index in [0.717, 1.165) is 12.0 Å². The summed E-state index contributed by atoms with van der Waals surface area (Å²) in [6.07, 6.45) is 9.39. The standard InChI is InChI=1S/C17H23FO/c1-3-5-13-6-8-14(9-7-13)15-10-11-17(19-4-2)16(18)12-15/h6,8,10-14H,3-5,7,9H2,1-2H3. The summed E-state index contributed by atoms with van der Waals surface area (Å²) in [5.74, 6) is 1.19. The molecule has 104 valence electrons. The Balaban J connectivity index is 2.07. The molecule has 0 spiro atoms. The molecule has 0 fully saturated rings. The molecule has 2 rings (SSSR count). The minimum atomic E-state index is -0.247. The van der Waals surface area contributed by atoms with Crippen molar-refractivity contribution in [3.8, 4) is 5.75 Å². The highest BCUT2D eigenvalue weighted by molar-refractivity contribution is 5.33. The molecule has 0 aliphatic heterocycles. The van der Waals surface area contributed by atoms with Crippen molar-refractivity contribution in [3.05, 3.63) is 41.7 Å². The molecule has 0 aromatic heterocycles. The zero-order valence-corrected chi connectivity index (χ0v) is 11.9. The van der Waals surface area contributed by atoms with Gasteiger partial charge >= 0.3 is 0 Å². The summed E-state index contributed by atoms with van der Waals surface area (Å²) in [6.45, 7) is 4.59. The molecule has 1 aromatic rings. The van der Waals surface area contributed by atoms with Gasteiger partial charge in [0.25, 0.3) is 0 Å². The monoisotopic (exact) mass is 262 g/mol. The van der Waals surface area contributed by atoms with Crippen LogP contribution in [0.5, 0.6) is 5.75 Å². The summed E-state index contributed by atoms with van der Waals surface area (Å²) in [5.41, 5.74) is 1.06. The molecule has 1 aliphatic rings. The molecule has 0 saturated heterocycles. The van der Waals surface area contributed by atoms with Crippen molar-refractivity contribution < 1.29 is 9.13 Å². The number of rotatable bonds is 5. The van der Waals surface area contributed by atoms with E-state index in [2.05, 4.69) is 19.1 Å². The third-order valence-electron chi connectivity index (χ3n) is 3.81. The highest BCUT2D eigenvalue weighted by atomic mass is 19.1. The molecular formula is C17H23FO. The molecule has 0 N–H and O–H groups in total. The summed E-state index contributed by atoms with van der Waals surface area (Å²) in [7, 11) is 0. The molecule has 1 nitrogen and oxygen atoms in total. The first-order valence-electron chi connectivity index (χ1n) is 7.35. The normalized spacial score (nSPS) is 22.5. The summed E-state index contributed by atoms with van der Waals surface area (Å²) >= 11 is 0. The Labute approximate surface area is 115 Å². The Bertz CT molecular complexity index is 439. The minimum Gasteiger partial charge on any atom is -0.491 e. The van der Waals surface area contributed by atoms with Gasteiger partial charge in [-0.05, 0) is 49.8 Å². The lowest BCUT2D eigenvalue weighted by Gasteiger charge is -2.23. The first-order chi connectivity index (χ1) is 9.24. The van der Waals surface area contributed by atoms with Crippen LogP contribution in [0.25, 0.3) is 0 Å². The van der Waals surface area contributed by atoms with Gasteiger partial charge in [0, 0.05) is 5.92 Å². The second-order valence-corrected chi connectivity index (χ2v) is 5.24. The van der Waals surface area contributed by atoms with E-state index >= 15 is 0 Å². The Morgan fingerprint density at radius 1 is 1.21 bits per heavy atom. The molecule has 0 heterocycles. The van der Waals surface area contributed by atoms with Crippen LogP contribution in [0, 0.1) is 11.7 Å². The van der Waals surface area contributed by atoms with Crippen LogP contribution in [0.4, 0.5) is 4.39 Å². The van der Waals surface area contributed by atoms with Gasteiger partial charge in [-0.1, -0.05) is 31.6 Å². The molecular weight excluding hydrogens is 239 g/mol. The number of ether oxygens (including phenoxy) is 1. The van der Waals surface area contributed by atoms with Crippen molar-refractivity contribution in [1.29, 1.82) is 0 Å². The van der Waals surface area contributed by atoms with Gasteiger partial charge in [0.05, 0.1) is 6.61 Å². The molecule has 1 aliphatic carbocycles. The van der Waals surface area contributed by atoms with Crippen molar-refractivity contribution in [2.75, 3.05) is 6.61 Å². The van der Waals surface area contributed by atoms with Crippen molar-refractivity contribution in [3.63, 3.8) is 0 Å². The third-order valence-corrected chi connectivity index (χ3v) is 3.81. The fourth-order valence-corrected chi connectivity index (χ4v) is 2.79. The van der Waals surface area contributed by atoms with E-state index in [1.807, 2.05) is 13.0 Å². The van der Waals surface area contributed by atoms with E-state index in [1.165, 1.54) is 19.3 Å². The molecule has 0 bridgehead atoms. The highest BCUT2D eigenvalue weighted by Gasteiger charge is 2.17. The molecule has 0 saturated carbocycles. The van der Waals surface area contributed by atoms with Gasteiger partial charge in [-0.15, -0.1) is 0 Å². The Hall–Kier alpha value is -1.31. The average Bonchev–Trinajstić information content (AvgIpc) is 2.43.